The number of hydrogen-bond acceptors (Lipinski definition) is 3. The van der Waals surface area contributed by atoms with E-state index >= 15 is 0 Å². The van der Waals surface area contributed by atoms with Gasteiger partial charge in [-0.3, -0.25) is 14.4 Å². The monoisotopic (exact) mass is 408 g/mol. The normalized spacial score (nSPS) is 10.5. The first-order chi connectivity index (χ1) is 14.5. The molecule has 0 aromatic heterocycles. The second kappa shape index (κ2) is 12.6. The van der Waals surface area contributed by atoms with Gasteiger partial charge in [0.05, 0.1) is 6.42 Å². The molecule has 0 saturated heterocycles. The van der Waals surface area contributed by atoms with Crippen LogP contribution in [0.2, 0.25) is 0 Å². The number of ketones is 1. The van der Waals surface area contributed by atoms with Gasteiger partial charge in [0.15, 0.2) is 0 Å². The summed E-state index contributed by atoms with van der Waals surface area (Å²) in [6.07, 6.45) is 3.00. The van der Waals surface area contributed by atoms with Crippen LogP contribution in [0.3, 0.4) is 0 Å². The topological polar surface area (TPSA) is 66.5 Å². The second-order valence-electron chi connectivity index (χ2n) is 7.50. The fourth-order valence-electron chi connectivity index (χ4n) is 3.31. The number of benzene rings is 2. The molecule has 0 unspecified atom stereocenters. The summed E-state index contributed by atoms with van der Waals surface area (Å²) in [6.45, 7) is 5.60. The largest absolute Gasteiger partial charge is 0.343 e. The van der Waals surface area contributed by atoms with Crippen molar-refractivity contribution in [2.75, 3.05) is 18.4 Å². The SMILES string of the molecule is CCCN(CCC)C(=O)CCC(=O)Cc1ccc(NC(=O)Cc2ccccc2)cc1. The minimum absolute atomic E-state index is 0.0529. The molecule has 5 heteroatoms. The lowest BCUT2D eigenvalue weighted by Crippen LogP contribution is -2.32. The lowest BCUT2D eigenvalue weighted by Gasteiger charge is -2.21. The molecule has 2 amide bonds. The van der Waals surface area contributed by atoms with Crippen LogP contribution in [0.1, 0.15) is 50.7 Å². The smallest absolute Gasteiger partial charge is 0.228 e. The van der Waals surface area contributed by atoms with E-state index < -0.39 is 0 Å². The summed E-state index contributed by atoms with van der Waals surface area (Å²) >= 11 is 0. The van der Waals surface area contributed by atoms with Crippen LogP contribution in [-0.4, -0.2) is 35.6 Å². The van der Waals surface area contributed by atoms with Gasteiger partial charge in [0.25, 0.3) is 0 Å². The van der Waals surface area contributed by atoms with Gasteiger partial charge in [-0.1, -0.05) is 56.3 Å². The average molecular weight is 409 g/mol. The lowest BCUT2D eigenvalue weighted by molar-refractivity contribution is -0.133. The number of rotatable bonds is 12. The van der Waals surface area contributed by atoms with Crippen molar-refractivity contribution in [3.8, 4) is 0 Å². The van der Waals surface area contributed by atoms with Crippen molar-refractivity contribution in [1.82, 2.24) is 4.90 Å². The number of anilines is 1. The minimum atomic E-state index is -0.0766. The highest BCUT2D eigenvalue weighted by molar-refractivity contribution is 5.92. The van der Waals surface area contributed by atoms with Crippen LogP contribution in [0.15, 0.2) is 54.6 Å². The molecule has 0 atom stereocenters. The Hall–Kier alpha value is -2.95. The Labute approximate surface area is 179 Å². The van der Waals surface area contributed by atoms with Gasteiger partial charge >= 0.3 is 0 Å². The van der Waals surface area contributed by atoms with Gasteiger partial charge in [-0.05, 0) is 36.1 Å². The number of carbonyl (C=O) groups excluding carboxylic acids is 3. The summed E-state index contributed by atoms with van der Waals surface area (Å²) in [4.78, 5) is 38.6. The first kappa shape index (κ1) is 23.3. The van der Waals surface area contributed by atoms with E-state index in [2.05, 4.69) is 19.2 Å². The molecule has 0 spiro atoms. The van der Waals surface area contributed by atoms with Crippen LogP contribution in [0.5, 0.6) is 0 Å². The maximum atomic E-state index is 12.3. The molecule has 2 rings (SSSR count). The first-order valence-corrected chi connectivity index (χ1v) is 10.7. The summed E-state index contributed by atoms with van der Waals surface area (Å²) in [6, 6.07) is 16.9. The van der Waals surface area contributed by atoms with Crippen molar-refractivity contribution >= 4 is 23.3 Å². The third kappa shape index (κ3) is 8.19. The molecule has 0 fully saturated rings. The third-order valence-electron chi connectivity index (χ3n) is 4.80. The van der Waals surface area contributed by atoms with E-state index in [0.29, 0.717) is 18.5 Å². The van der Waals surface area contributed by atoms with E-state index in [9.17, 15) is 14.4 Å². The molecule has 0 aliphatic carbocycles. The molecule has 0 bridgehead atoms. The molecule has 0 saturated carbocycles. The van der Waals surface area contributed by atoms with Gasteiger partial charge in [0.1, 0.15) is 5.78 Å². The number of nitrogens with one attached hydrogen (secondary N) is 1. The summed E-state index contributed by atoms with van der Waals surface area (Å²) in [5.74, 6) is 0.0351. The van der Waals surface area contributed by atoms with Gasteiger partial charge in [0, 0.05) is 38.0 Å². The predicted octanol–water partition coefficient (Wildman–Crippen LogP) is 4.41. The van der Waals surface area contributed by atoms with Crippen LogP contribution in [-0.2, 0) is 27.2 Å². The average Bonchev–Trinajstić information content (AvgIpc) is 2.74. The van der Waals surface area contributed by atoms with Crippen molar-refractivity contribution in [2.45, 2.75) is 52.4 Å². The number of nitrogens with zero attached hydrogens (tertiary/aromatic N) is 1. The summed E-state index contributed by atoms with van der Waals surface area (Å²) in [7, 11) is 0. The van der Waals surface area contributed by atoms with Crippen LogP contribution in [0, 0.1) is 0 Å². The zero-order valence-corrected chi connectivity index (χ0v) is 18.0. The van der Waals surface area contributed by atoms with Gasteiger partial charge in [0.2, 0.25) is 11.8 Å². The zero-order chi connectivity index (χ0) is 21.8. The van der Waals surface area contributed by atoms with Gasteiger partial charge in [-0.2, -0.15) is 0 Å². The van der Waals surface area contributed by atoms with Crippen LogP contribution < -0.4 is 5.32 Å². The Balaban J connectivity index is 1.78. The first-order valence-electron chi connectivity index (χ1n) is 10.7. The molecule has 0 aliphatic heterocycles. The molecule has 0 heterocycles. The number of amides is 2. The minimum Gasteiger partial charge on any atom is -0.343 e. The molecule has 1 N–H and O–H groups in total. The van der Waals surface area contributed by atoms with E-state index in [4.69, 9.17) is 0 Å². The maximum absolute atomic E-state index is 12.3. The van der Waals surface area contributed by atoms with E-state index in [-0.39, 0.29) is 30.4 Å². The highest BCUT2D eigenvalue weighted by Crippen LogP contribution is 2.13. The van der Waals surface area contributed by atoms with E-state index in [1.807, 2.05) is 47.4 Å². The van der Waals surface area contributed by atoms with Crippen LogP contribution >= 0.6 is 0 Å². The fourth-order valence-corrected chi connectivity index (χ4v) is 3.31. The summed E-state index contributed by atoms with van der Waals surface area (Å²) in [5, 5.41) is 2.87. The van der Waals surface area contributed by atoms with Crippen molar-refractivity contribution in [2.24, 2.45) is 0 Å². The predicted molar refractivity (Wildman–Crippen MR) is 120 cm³/mol. The highest BCUT2D eigenvalue weighted by atomic mass is 16.2. The third-order valence-corrected chi connectivity index (χ3v) is 4.80. The molecular weight excluding hydrogens is 376 g/mol. The Morgan fingerprint density at radius 1 is 0.767 bits per heavy atom. The van der Waals surface area contributed by atoms with Crippen molar-refractivity contribution in [1.29, 1.82) is 0 Å². The standard InChI is InChI=1S/C25H32N2O3/c1-3-16-27(17-4-2)25(30)15-14-23(28)18-21-10-12-22(13-11-21)26-24(29)19-20-8-6-5-7-9-20/h5-13H,3-4,14-19H2,1-2H3,(H,26,29). The van der Waals surface area contributed by atoms with Crippen molar-refractivity contribution in [3.05, 3.63) is 65.7 Å². The number of Topliss-reactive ketones (excluding diaryl/α,β-unsaturated/α-hetero) is 1. The Kier molecular flexibility index (Phi) is 9.78. The number of hydrogen-bond donors (Lipinski definition) is 1. The highest BCUT2D eigenvalue weighted by Gasteiger charge is 2.14. The molecule has 0 radical (unpaired) electrons. The Bertz CT molecular complexity index is 810. The van der Waals surface area contributed by atoms with Gasteiger partial charge in [-0.15, -0.1) is 0 Å². The fraction of sp³-hybridized carbons (Fsp3) is 0.400. The quantitative estimate of drug-likeness (QED) is 0.566. The molecule has 160 valence electrons. The Morgan fingerprint density at radius 3 is 1.97 bits per heavy atom. The van der Waals surface area contributed by atoms with Crippen LogP contribution in [0.25, 0.3) is 0 Å². The van der Waals surface area contributed by atoms with Crippen LogP contribution in [0.4, 0.5) is 5.69 Å². The van der Waals surface area contributed by atoms with E-state index in [1.54, 1.807) is 12.1 Å². The molecule has 0 aliphatic rings. The van der Waals surface area contributed by atoms with Crippen molar-refractivity contribution < 1.29 is 14.4 Å². The molecule has 2 aromatic rings. The maximum Gasteiger partial charge on any atom is 0.228 e. The van der Waals surface area contributed by atoms with E-state index in [1.165, 1.54) is 0 Å². The number of carbonyl (C=O) groups is 3. The van der Waals surface area contributed by atoms with E-state index in [0.717, 1.165) is 37.1 Å². The van der Waals surface area contributed by atoms with Gasteiger partial charge in [-0.25, -0.2) is 0 Å². The molecular formula is C25H32N2O3. The molecule has 5 nitrogen and oxygen atoms in total. The Morgan fingerprint density at radius 2 is 1.37 bits per heavy atom. The van der Waals surface area contributed by atoms with Crippen molar-refractivity contribution in [3.63, 3.8) is 0 Å². The summed E-state index contributed by atoms with van der Waals surface area (Å²) < 4.78 is 0. The second-order valence-corrected chi connectivity index (χ2v) is 7.50. The summed E-state index contributed by atoms with van der Waals surface area (Å²) in [5.41, 5.74) is 2.55. The van der Waals surface area contributed by atoms with Gasteiger partial charge < -0.3 is 10.2 Å². The zero-order valence-electron chi connectivity index (χ0n) is 18.0. The lowest BCUT2D eigenvalue weighted by atomic mass is 10.0. The molecule has 30 heavy (non-hydrogen) atoms. The molecule has 2 aromatic carbocycles.